The summed E-state index contributed by atoms with van der Waals surface area (Å²) >= 11 is 5.81. The Morgan fingerprint density at radius 1 is 1.56 bits per heavy atom. The van der Waals surface area contributed by atoms with Crippen LogP contribution in [-0.4, -0.2) is 16.1 Å². The number of halogens is 2. The van der Waals surface area contributed by atoms with Gasteiger partial charge in [-0.25, -0.2) is 9.18 Å². The monoisotopic (exact) mass is 269 g/mol. The minimum absolute atomic E-state index is 0.00588. The molecule has 0 bridgehead atoms. The Balaban J connectivity index is 2.97. The van der Waals surface area contributed by atoms with Gasteiger partial charge in [0.25, 0.3) is 0 Å². The SMILES string of the molecule is CCc1c(Cl)c(F)cc2c(=O)c(C(=O)O)c[nH]c12. The van der Waals surface area contributed by atoms with Gasteiger partial charge in [0.2, 0.25) is 5.43 Å². The van der Waals surface area contributed by atoms with Crippen molar-refractivity contribution >= 4 is 28.5 Å². The lowest BCUT2D eigenvalue weighted by atomic mass is 10.1. The summed E-state index contributed by atoms with van der Waals surface area (Å²) < 4.78 is 13.6. The third-order valence-electron chi connectivity index (χ3n) is 2.75. The predicted octanol–water partition coefficient (Wildman–Crippen LogP) is 2.58. The summed E-state index contributed by atoms with van der Waals surface area (Å²) in [6.45, 7) is 1.77. The molecule has 0 saturated carbocycles. The van der Waals surface area contributed by atoms with Crippen LogP contribution < -0.4 is 5.43 Å². The molecule has 0 spiro atoms. The summed E-state index contributed by atoms with van der Waals surface area (Å²) in [4.78, 5) is 25.4. The van der Waals surface area contributed by atoms with Crippen molar-refractivity contribution in [3.05, 3.63) is 44.5 Å². The van der Waals surface area contributed by atoms with E-state index in [1.54, 1.807) is 6.92 Å². The molecule has 1 aromatic heterocycles. The van der Waals surface area contributed by atoms with Crippen LogP contribution in [-0.2, 0) is 6.42 Å². The maximum Gasteiger partial charge on any atom is 0.341 e. The first kappa shape index (κ1) is 12.6. The number of aromatic carboxylic acids is 1. The number of benzene rings is 1. The molecule has 0 atom stereocenters. The van der Waals surface area contributed by atoms with Crippen LogP contribution >= 0.6 is 11.6 Å². The number of aromatic amines is 1. The third-order valence-corrected chi connectivity index (χ3v) is 3.16. The highest BCUT2D eigenvalue weighted by Gasteiger charge is 2.17. The normalized spacial score (nSPS) is 10.8. The van der Waals surface area contributed by atoms with Crippen LogP contribution in [0.1, 0.15) is 22.8 Å². The number of aromatic nitrogens is 1. The average molecular weight is 270 g/mol. The first-order valence-electron chi connectivity index (χ1n) is 5.23. The van der Waals surface area contributed by atoms with Gasteiger partial charge in [0.1, 0.15) is 11.4 Å². The van der Waals surface area contributed by atoms with Crippen molar-refractivity contribution in [3.63, 3.8) is 0 Å². The summed E-state index contributed by atoms with van der Waals surface area (Å²) in [6, 6.07) is 0.960. The van der Waals surface area contributed by atoms with Crippen molar-refractivity contribution in [2.45, 2.75) is 13.3 Å². The highest BCUT2D eigenvalue weighted by Crippen LogP contribution is 2.26. The van der Waals surface area contributed by atoms with E-state index in [0.717, 1.165) is 12.3 Å². The molecule has 0 fully saturated rings. The van der Waals surface area contributed by atoms with E-state index in [2.05, 4.69) is 4.98 Å². The Kier molecular flexibility index (Phi) is 3.09. The van der Waals surface area contributed by atoms with E-state index in [1.807, 2.05) is 0 Å². The number of carbonyl (C=O) groups is 1. The molecule has 2 aromatic rings. The van der Waals surface area contributed by atoms with Crippen LogP contribution in [0.4, 0.5) is 4.39 Å². The lowest BCUT2D eigenvalue weighted by molar-refractivity contribution is 0.0695. The molecule has 0 aliphatic carbocycles. The number of pyridine rings is 1. The van der Waals surface area contributed by atoms with Crippen molar-refractivity contribution in [2.24, 2.45) is 0 Å². The molecule has 0 aliphatic rings. The van der Waals surface area contributed by atoms with Crippen LogP contribution in [0.3, 0.4) is 0 Å². The Morgan fingerprint density at radius 3 is 2.78 bits per heavy atom. The van der Waals surface area contributed by atoms with E-state index in [9.17, 15) is 14.0 Å². The number of H-pyrrole nitrogens is 1. The third kappa shape index (κ3) is 1.76. The van der Waals surface area contributed by atoms with Crippen LogP contribution in [0.5, 0.6) is 0 Å². The summed E-state index contributed by atoms with van der Waals surface area (Å²) in [6.07, 6.45) is 1.52. The van der Waals surface area contributed by atoms with E-state index in [-0.39, 0.29) is 10.4 Å². The van der Waals surface area contributed by atoms with Gasteiger partial charge < -0.3 is 10.1 Å². The molecule has 0 aliphatic heterocycles. The van der Waals surface area contributed by atoms with Gasteiger partial charge in [-0.05, 0) is 18.1 Å². The maximum absolute atomic E-state index is 13.6. The topological polar surface area (TPSA) is 70.2 Å². The zero-order valence-electron chi connectivity index (χ0n) is 9.38. The molecular formula is C12H9ClFNO3. The fraction of sp³-hybridized carbons (Fsp3) is 0.167. The minimum Gasteiger partial charge on any atom is -0.477 e. The van der Waals surface area contributed by atoms with Crippen molar-refractivity contribution in [1.29, 1.82) is 0 Å². The second kappa shape index (κ2) is 4.42. The summed E-state index contributed by atoms with van der Waals surface area (Å²) in [5.41, 5.74) is -0.313. The van der Waals surface area contributed by atoms with Crippen LogP contribution in [0.2, 0.25) is 5.02 Å². The summed E-state index contributed by atoms with van der Waals surface area (Å²) in [7, 11) is 0. The van der Waals surface area contributed by atoms with Crippen molar-refractivity contribution in [1.82, 2.24) is 4.98 Å². The molecule has 94 valence electrons. The highest BCUT2D eigenvalue weighted by molar-refractivity contribution is 6.32. The zero-order chi connectivity index (χ0) is 13.4. The number of carboxylic acid groups (broad SMARTS) is 1. The molecule has 2 N–H and O–H groups in total. The highest BCUT2D eigenvalue weighted by atomic mass is 35.5. The second-order valence-corrected chi connectivity index (χ2v) is 4.14. The Bertz CT molecular complexity index is 709. The van der Waals surface area contributed by atoms with Crippen LogP contribution in [0.15, 0.2) is 17.1 Å². The van der Waals surface area contributed by atoms with Gasteiger partial charge in [-0.2, -0.15) is 0 Å². The fourth-order valence-corrected chi connectivity index (χ4v) is 2.15. The van der Waals surface area contributed by atoms with Gasteiger partial charge in [0, 0.05) is 11.6 Å². The molecule has 2 rings (SSSR count). The molecule has 0 amide bonds. The summed E-state index contributed by atoms with van der Waals surface area (Å²) in [5.74, 6) is -2.08. The number of rotatable bonds is 2. The predicted molar refractivity (Wildman–Crippen MR) is 65.9 cm³/mol. The Hall–Kier alpha value is -1.88. The largest absolute Gasteiger partial charge is 0.477 e. The minimum atomic E-state index is -1.36. The smallest absolute Gasteiger partial charge is 0.341 e. The van der Waals surface area contributed by atoms with E-state index < -0.39 is 22.8 Å². The lowest BCUT2D eigenvalue weighted by Gasteiger charge is -2.08. The first-order valence-corrected chi connectivity index (χ1v) is 5.60. The van der Waals surface area contributed by atoms with Crippen LogP contribution in [0, 0.1) is 5.82 Å². The quantitative estimate of drug-likeness (QED) is 0.880. The zero-order valence-corrected chi connectivity index (χ0v) is 10.1. The van der Waals surface area contributed by atoms with Gasteiger partial charge >= 0.3 is 5.97 Å². The first-order chi connectivity index (χ1) is 8.47. The molecule has 18 heavy (non-hydrogen) atoms. The van der Waals surface area contributed by atoms with E-state index in [1.165, 1.54) is 0 Å². The second-order valence-electron chi connectivity index (χ2n) is 3.76. The van der Waals surface area contributed by atoms with E-state index in [0.29, 0.717) is 17.5 Å². The molecular weight excluding hydrogens is 261 g/mol. The lowest BCUT2D eigenvalue weighted by Crippen LogP contribution is -2.16. The number of nitrogens with one attached hydrogen (secondary N) is 1. The maximum atomic E-state index is 13.6. The number of hydrogen-bond donors (Lipinski definition) is 2. The molecule has 0 unspecified atom stereocenters. The van der Waals surface area contributed by atoms with Gasteiger partial charge in [-0.1, -0.05) is 18.5 Å². The summed E-state index contributed by atoms with van der Waals surface area (Å²) in [5, 5.41) is 8.78. The van der Waals surface area contributed by atoms with Gasteiger partial charge in [0.05, 0.1) is 10.5 Å². The van der Waals surface area contributed by atoms with Crippen molar-refractivity contribution < 1.29 is 14.3 Å². The number of carboxylic acids is 1. The number of fused-ring (bicyclic) bond motifs is 1. The standard InChI is InChI=1S/C12H9ClFNO3/c1-2-5-9(13)8(14)3-6-10(5)15-4-7(11(6)16)12(17)18/h3-4H,2H2,1H3,(H,15,16)(H,17,18). The Labute approximate surface area is 106 Å². The van der Waals surface area contributed by atoms with Gasteiger partial charge in [0.15, 0.2) is 0 Å². The van der Waals surface area contributed by atoms with Crippen molar-refractivity contribution in [2.75, 3.05) is 0 Å². The number of aryl methyl sites for hydroxylation is 1. The van der Waals surface area contributed by atoms with E-state index in [4.69, 9.17) is 16.7 Å². The molecule has 1 aromatic carbocycles. The van der Waals surface area contributed by atoms with Gasteiger partial charge in [-0.15, -0.1) is 0 Å². The number of hydrogen-bond acceptors (Lipinski definition) is 2. The molecule has 0 radical (unpaired) electrons. The molecule has 6 heteroatoms. The fourth-order valence-electron chi connectivity index (χ4n) is 1.87. The van der Waals surface area contributed by atoms with Crippen LogP contribution in [0.25, 0.3) is 10.9 Å². The molecule has 4 nitrogen and oxygen atoms in total. The van der Waals surface area contributed by atoms with Gasteiger partial charge in [-0.3, -0.25) is 4.79 Å². The molecule has 1 heterocycles. The Morgan fingerprint density at radius 2 is 2.22 bits per heavy atom. The van der Waals surface area contributed by atoms with Crippen molar-refractivity contribution in [3.8, 4) is 0 Å². The van der Waals surface area contributed by atoms with E-state index >= 15 is 0 Å². The average Bonchev–Trinajstić information content (AvgIpc) is 2.32. The molecule has 0 saturated heterocycles.